The van der Waals surface area contributed by atoms with Crippen LogP contribution in [-0.2, 0) is 0 Å². The van der Waals surface area contributed by atoms with Crippen molar-refractivity contribution < 1.29 is 4.74 Å². The van der Waals surface area contributed by atoms with E-state index in [1.165, 1.54) is 0 Å². The topological polar surface area (TPSA) is 47.0 Å². The number of hydrogen-bond acceptors (Lipinski definition) is 4. The molecule has 0 unspecified atom stereocenters. The lowest BCUT2D eigenvalue weighted by Gasteiger charge is -2.11. The molecule has 0 aliphatic carbocycles. The van der Waals surface area contributed by atoms with Crippen molar-refractivity contribution in [3.05, 3.63) is 77.8 Å². The first kappa shape index (κ1) is 18.3. The lowest BCUT2D eigenvalue weighted by atomic mass is 10.1. The van der Waals surface area contributed by atoms with Gasteiger partial charge in [-0.1, -0.05) is 30.7 Å². The number of anilines is 2. The van der Waals surface area contributed by atoms with Crippen molar-refractivity contribution in [3.63, 3.8) is 0 Å². The summed E-state index contributed by atoms with van der Waals surface area (Å²) in [4.78, 5) is 9.53. The number of rotatable bonds is 6. The number of aromatic nitrogens is 2. The minimum Gasteiger partial charge on any atom is -0.494 e. The molecular weight excluding hydrogens is 370 g/mol. The van der Waals surface area contributed by atoms with E-state index in [1.807, 2.05) is 72.8 Å². The number of fused-ring (bicyclic) bond motifs is 1. The van der Waals surface area contributed by atoms with E-state index >= 15 is 0 Å². The van der Waals surface area contributed by atoms with Gasteiger partial charge in [0.05, 0.1) is 12.1 Å². The second-order valence-corrected chi connectivity index (χ2v) is 6.85. The van der Waals surface area contributed by atoms with Crippen LogP contribution in [0.4, 0.5) is 11.5 Å². The van der Waals surface area contributed by atoms with Gasteiger partial charge in [-0.15, -0.1) is 0 Å². The number of ether oxygens (including phenoxy) is 1. The van der Waals surface area contributed by atoms with E-state index < -0.39 is 0 Å². The maximum atomic E-state index is 6.00. The smallest absolute Gasteiger partial charge is 0.162 e. The van der Waals surface area contributed by atoms with Gasteiger partial charge in [-0.2, -0.15) is 0 Å². The molecule has 0 atom stereocenters. The van der Waals surface area contributed by atoms with Crippen LogP contribution in [0.15, 0.2) is 72.8 Å². The highest BCUT2D eigenvalue weighted by atomic mass is 35.5. The van der Waals surface area contributed by atoms with E-state index in [1.54, 1.807) is 0 Å². The number of hydrogen-bond donors (Lipinski definition) is 1. The van der Waals surface area contributed by atoms with E-state index in [-0.39, 0.29) is 0 Å². The molecule has 140 valence electrons. The molecule has 28 heavy (non-hydrogen) atoms. The number of nitrogens with one attached hydrogen (secondary N) is 1. The molecule has 0 saturated carbocycles. The molecule has 0 amide bonds. The fourth-order valence-corrected chi connectivity index (χ4v) is 3.02. The largest absolute Gasteiger partial charge is 0.494 e. The summed E-state index contributed by atoms with van der Waals surface area (Å²) in [6.07, 6.45) is 0.981. The minimum absolute atomic E-state index is 0.664. The average molecular weight is 390 g/mol. The van der Waals surface area contributed by atoms with E-state index in [0.29, 0.717) is 17.5 Å². The fraction of sp³-hybridized carbons (Fsp3) is 0.130. The van der Waals surface area contributed by atoms with Crippen molar-refractivity contribution in [1.82, 2.24) is 9.97 Å². The lowest BCUT2D eigenvalue weighted by molar-refractivity contribution is 0.317. The van der Waals surface area contributed by atoms with Gasteiger partial charge in [-0.25, -0.2) is 9.97 Å². The molecule has 1 aromatic heterocycles. The second kappa shape index (κ2) is 8.28. The summed E-state index contributed by atoms with van der Waals surface area (Å²) in [5, 5.41) is 5.05. The molecule has 0 radical (unpaired) electrons. The molecule has 4 rings (SSSR count). The predicted molar refractivity (Wildman–Crippen MR) is 115 cm³/mol. The zero-order valence-corrected chi connectivity index (χ0v) is 16.3. The maximum Gasteiger partial charge on any atom is 0.162 e. The lowest BCUT2D eigenvalue weighted by Crippen LogP contribution is -1.99. The van der Waals surface area contributed by atoms with E-state index in [2.05, 4.69) is 12.2 Å². The van der Waals surface area contributed by atoms with Gasteiger partial charge in [0.25, 0.3) is 0 Å². The monoisotopic (exact) mass is 389 g/mol. The standard InChI is InChI=1S/C23H20ClN3O/c1-2-15-28-19-13-7-16(8-14-19)22-26-21-6-4-3-5-20(21)23(27-22)25-18-11-9-17(24)10-12-18/h3-14H,2,15H2,1H3,(H,25,26,27). The Kier molecular flexibility index (Phi) is 5.40. The first-order valence-electron chi connectivity index (χ1n) is 9.25. The summed E-state index contributed by atoms with van der Waals surface area (Å²) in [6.45, 7) is 2.80. The zero-order valence-electron chi connectivity index (χ0n) is 15.5. The van der Waals surface area contributed by atoms with Crippen LogP contribution < -0.4 is 10.1 Å². The number of para-hydroxylation sites is 1. The molecule has 1 N–H and O–H groups in total. The van der Waals surface area contributed by atoms with Gasteiger partial charge in [0.1, 0.15) is 11.6 Å². The molecule has 0 aliphatic heterocycles. The third-order valence-corrected chi connectivity index (χ3v) is 4.55. The summed E-state index contributed by atoms with van der Waals surface area (Å²) in [6, 6.07) is 23.4. The summed E-state index contributed by atoms with van der Waals surface area (Å²) in [5.41, 5.74) is 2.74. The Morgan fingerprint density at radius 1 is 0.893 bits per heavy atom. The van der Waals surface area contributed by atoms with Crippen molar-refractivity contribution >= 4 is 34.0 Å². The molecule has 0 saturated heterocycles. The van der Waals surface area contributed by atoms with Crippen LogP contribution in [-0.4, -0.2) is 16.6 Å². The Labute approximate surface area is 169 Å². The molecule has 5 heteroatoms. The van der Waals surface area contributed by atoms with Crippen molar-refractivity contribution in [2.45, 2.75) is 13.3 Å². The molecule has 4 nitrogen and oxygen atoms in total. The maximum absolute atomic E-state index is 6.00. The fourth-order valence-electron chi connectivity index (χ4n) is 2.89. The first-order valence-corrected chi connectivity index (χ1v) is 9.63. The highest BCUT2D eigenvalue weighted by Gasteiger charge is 2.10. The third kappa shape index (κ3) is 4.07. The van der Waals surface area contributed by atoms with Gasteiger partial charge in [-0.05, 0) is 67.1 Å². The van der Waals surface area contributed by atoms with Crippen molar-refractivity contribution in [2.75, 3.05) is 11.9 Å². The highest BCUT2D eigenvalue weighted by molar-refractivity contribution is 6.30. The first-order chi connectivity index (χ1) is 13.7. The Morgan fingerprint density at radius 2 is 1.64 bits per heavy atom. The zero-order chi connectivity index (χ0) is 19.3. The Morgan fingerprint density at radius 3 is 2.39 bits per heavy atom. The SMILES string of the molecule is CCCOc1ccc(-c2nc(Nc3ccc(Cl)cc3)c3ccccc3n2)cc1. The summed E-state index contributed by atoms with van der Waals surface area (Å²) < 4.78 is 5.66. The highest BCUT2D eigenvalue weighted by Crippen LogP contribution is 2.28. The van der Waals surface area contributed by atoms with Crippen molar-refractivity contribution in [3.8, 4) is 17.1 Å². The molecule has 0 fully saturated rings. The Balaban J connectivity index is 1.72. The van der Waals surface area contributed by atoms with Gasteiger partial charge in [0.2, 0.25) is 0 Å². The van der Waals surface area contributed by atoms with E-state index in [4.69, 9.17) is 26.3 Å². The van der Waals surface area contributed by atoms with E-state index in [9.17, 15) is 0 Å². The third-order valence-electron chi connectivity index (χ3n) is 4.30. The number of nitrogens with zero attached hydrogens (tertiary/aromatic N) is 2. The molecule has 3 aromatic carbocycles. The van der Waals surface area contributed by atoms with Crippen LogP contribution in [0.5, 0.6) is 5.75 Å². The van der Waals surface area contributed by atoms with Crippen molar-refractivity contribution in [1.29, 1.82) is 0 Å². The van der Waals surface area contributed by atoms with Crippen LogP contribution in [0.3, 0.4) is 0 Å². The van der Waals surface area contributed by atoms with Crippen LogP contribution in [0.25, 0.3) is 22.3 Å². The number of benzene rings is 3. The van der Waals surface area contributed by atoms with Crippen LogP contribution in [0, 0.1) is 0 Å². The quantitative estimate of drug-likeness (QED) is 0.409. The van der Waals surface area contributed by atoms with Gasteiger partial charge in [-0.3, -0.25) is 0 Å². The summed E-state index contributed by atoms with van der Waals surface area (Å²) in [5.74, 6) is 2.28. The number of halogens is 1. The molecule has 4 aromatic rings. The van der Waals surface area contributed by atoms with Crippen LogP contribution >= 0.6 is 11.6 Å². The molecule has 0 bridgehead atoms. The van der Waals surface area contributed by atoms with E-state index in [0.717, 1.165) is 40.1 Å². The Bertz CT molecular complexity index is 1080. The van der Waals surface area contributed by atoms with Crippen LogP contribution in [0.1, 0.15) is 13.3 Å². The van der Waals surface area contributed by atoms with Gasteiger partial charge in [0, 0.05) is 21.7 Å². The molecule has 1 heterocycles. The molecule has 0 spiro atoms. The predicted octanol–water partition coefficient (Wildman–Crippen LogP) is 6.48. The summed E-state index contributed by atoms with van der Waals surface area (Å²) in [7, 11) is 0. The van der Waals surface area contributed by atoms with Gasteiger partial charge < -0.3 is 10.1 Å². The molecular formula is C23H20ClN3O. The molecule has 0 aliphatic rings. The second-order valence-electron chi connectivity index (χ2n) is 6.42. The average Bonchev–Trinajstić information content (AvgIpc) is 2.74. The minimum atomic E-state index is 0.664. The summed E-state index contributed by atoms with van der Waals surface area (Å²) >= 11 is 6.00. The van der Waals surface area contributed by atoms with Gasteiger partial charge >= 0.3 is 0 Å². The normalized spacial score (nSPS) is 10.8. The van der Waals surface area contributed by atoms with Crippen molar-refractivity contribution in [2.24, 2.45) is 0 Å². The Hall–Kier alpha value is -3.11. The van der Waals surface area contributed by atoms with Gasteiger partial charge in [0.15, 0.2) is 5.82 Å². The van der Waals surface area contributed by atoms with Crippen LogP contribution in [0.2, 0.25) is 5.02 Å².